The summed E-state index contributed by atoms with van der Waals surface area (Å²) >= 11 is 0.857. The molecule has 0 atom stereocenters. The SMILES string of the molecule is NC(=O)Sc1ccccc1C=O. The molecule has 0 aromatic heterocycles. The van der Waals surface area contributed by atoms with Crippen molar-refractivity contribution >= 4 is 23.3 Å². The zero-order valence-corrected chi connectivity index (χ0v) is 7.01. The van der Waals surface area contributed by atoms with Crippen LogP contribution in [0.3, 0.4) is 0 Å². The Morgan fingerprint density at radius 2 is 2.08 bits per heavy atom. The first kappa shape index (κ1) is 8.80. The van der Waals surface area contributed by atoms with Crippen LogP contribution in [0.1, 0.15) is 10.4 Å². The molecule has 0 radical (unpaired) electrons. The lowest BCUT2D eigenvalue weighted by Crippen LogP contribution is -2.02. The standard InChI is InChI=1S/C8H7NO2S/c9-8(11)12-7-4-2-1-3-6(7)5-10/h1-5H,(H2,9,11). The van der Waals surface area contributed by atoms with Crippen LogP contribution in [0, 0.1) is 0 Å². The summed E-state index contributed by atoms with van der Waals surface area (Å²) in [6.45, 7) is 0. The highest BCUT2D eigenvalue weighted by Gasteiger charge is 2.03. The van der Waals surface area contributed by atoms with Crippen molar-refractivity contribution in [3.05, 3.63) is 29.8 Å². The first-order valence-electron chi connectivity index (χ1n) is 3.25. The van der Waals surface area contributed by atoms with Crippen LogP contribution in [0.4, 0.5) is 4.79 Å². The number of nitrogens with two attached hydrogens (primary N) is 1. The third-order valence-corrected chi connectivity index (χ3v) is 2.05. The molecule has 0 saturated carbocycles. The fraction of sp³-hybridized carbons (Fsp3) is 0. The number of hydrogen-bond acceptors (Lipinski definition) is 3. The van der Waals surface area contributed by atoms with Gasteiger partial charge in [-0.1, -0.05) is 18.2 Å². The van der Waals surface area contributed by atoms with Crippen molar-refractivity contribution in [2.45, 2.75) is 4.90 Å². The van der Waals surface area contributed by atoms with Crippen LogP contribution in [-0.4, -0.2) is 11.5 Å². The number of carbonyl (C=O) groups excluding carboxylic acids is 2. The lowest BCUT2D eigenvalue weighted by Gasteiger charge is -1.98. The molecule has 1 aromatic carbocycles. The summed E-state index contributed by atoms with van der Waals surface area (Å²) in [5.74, 6) is 0. The van der Waals surface area contributed by atoms with Crippen LogP contribution in [0.25, 0.3) is 0 Å². The Balaban J connectivity index is 2.96. The molecule has 12 heavy (non-hydrogen) atoms. The molecule has 0 bridgehead atoms. The normalized spacial score (nSPS) is 9.33. The van der Waals surface area contributed by atoms with Gasteiger partial charge >= 0.3 is 0 Å². The highest BCUT2D eigenvalue weighted by atomic mass is 32.2. The van der Waals surface area contributed by atoms with Crippen molar-refractivity contribution in [2.24, 2.45) is 5.73 Å². The molecule has 1 rings (SSSR count). The average Bonchev–Trinajstić information content (AvgIpc) is 2.04. The molecule has 0 heterocycles. The molecule has 1 amide bonds. The van der Waals surface area contributed by atoms with Crippen LogP contribution >= 0.6 is 11.8 Å². The number of hydrogen-bond donors (Lipinski definition) is 1. The number of primary amides is 1. The first-order chi connectivity index (χ1) is 5.74. The van der Waals surface area contributed by atoms with Gasteiger partial charge in [0.1, 0.15) is 0 Å². The van der Waals surface area contributed by atoms with Crippen LogP contribution in [0.5, 0.6) is 0 Å². The molecule has 0 fully saturated rings. The molecule has 1 aromatic rings. The van der Waals surface area contributed by atoms with E-state index in [0.717, 1.165) is 11.8 Å². The van der Waals surface area contributed by atoms with Gasteiger partial charge in [-0.2, -0.15) is 0 Å². The minimum Gasteiger partial charge on any atom is -0.360 e. The minimum absolute atomic E-state index is 0.487. The second kappa shape index (κ2) is 3.92. The Morgan fingerprint density at radius 3 is 2.67 bits per heavy atom. The van der Waals surface area contributed by atoms with Gasteiger partial charge in [0, 0.05) is 10.5 Å². The van der Waals surface area contributed by atoms with Gasteiger partial charge in [0.25, 0.3) is 5.24 Å². The number of carbonyl (C=O) groups is 2. The second-order valence-corrected chi connectivity index (χ2v) is 3.12. The Bertz CT molecular complexity index is 312. The van der Waals surface area contributed by atoms with Crippen LogP contribution in [0.15, 0.2) is 29.2 Å². The fourth-order valence-electron chi connectivity index (χ4n) is 0.779. The van der Waals surface area contributed by atoms with Crippen molar-refractivity contribution in [3.8, 4) is 0 Å². The Labute approximate surface area is 73.9 Å². The van der Waals surface area contributed by atoms with Crippen molar-refractivity contribution in [1.82, 2.24) is 0 Å². The molecule has 0 aliphatic carbocycles. The maximum absolute atomic E-state index is 10.5. The van der Waals surface area contributed by atoms with Gasteiger partial charge in [0.15, 0.2) is 6.29 Å². The molecular formula is C8H7NO2S. The lowest BCUT2D eigenvalue weighted by atomic mass is 10.2. The largest absolute Gasteiger partial charge is 0.360 e. The number of aldehydes is 1. The molecule has 3 nitrogen and oxygen atoms in total. The van der Waals surface area contributed by atoms with E-state index in [-0.39, 0.29) is 0 Å². The smallest absolute Gasteiger partial charge is 0.281 e. The quantitative estimate of drug-likeness (QED) is 0.557. The molecule has 2 N–H and O–H groups in total. The van der Waals surface area contributed by atoms with E-state index in [1.165, 1.54) is 0 Å². The minimum atomic E-state index is -0.510. The molecule has 0 unspecified atom stereocenters. The number of thioether (sulfide) groups is 1. The number of amides is 1. The van der Waals surface area contributed by atoms with Crippen molar-refractivity contribution in [2.75, 3.05) is 0 Å². The van der Waals surface area contributed by atoms with Gasteiger partial charge in [-0.25, -0.2) is 0 Å². The van der Waals surface area contributed by atoms with E-state index < -0.39 is 5.24 Å². The maximum Gasteiger partial charge on any atom is 0.281 e. The molecule has 0 saturated heterocycles. The van der Waals surface area contributed by atoms with Crippen LogP contribution in [-0.2, 0) is 0 Å². The van der Waals surface area contributed by atoms with E-state index in [1.54, 1.807) is 24.3 Å². The summed E-state index contributed by atoms with van der Waals surface area (Å²) in [5.41, 5.74) is 5.44. The van der Waals surface area contributed by atoms with E-state index in [4.69, 9.17) is 5.73 Å². The first-order valence-corrected chi connectivity index (χ1v) is 4.07. The van der Waals surface area contributed by atoms with E-state index in [1.807, 2.05) is 0 Å². The van der Waals surface area contributed by atoms with Gasteiger partial charge in [-0.3, -0.25) is 9.59 Å². The highest BCUT2D eigenvalue weighted by molar-refractivity contribution is 8.13. The zero-order chi connectivity index (χ0) is 8.97. The zero-order valence-electron chi connectivity index (χ0n) is 6.19. The summed E-state index contributed by atoms with van der Waals surface area (Å²) in [6.07, 6.45) is 0.700. The molecule has 62 valence electrons. The van der Waals surface area contributed by atoms with E-state index in [9.17, 15) is 9.59 Å². The van der Waals surface area contributed by atoms with Crippen LogP contribution in [0.2, 0.25) is 0 Å². The summed E-state index contributed by atoms with van der Waals surface area (Å²) in [4.78, 5) is 21.5. The third kappa shape index (κ3) is 2.10. The summed E-state index contributed by atoms with van der Waals surface area (Å²) in [7, 11) is 0. The third-order valence-electron chi connectivity index (χ3n) is 1.26. The predicted molar refractivity (Wildman–Crippen MR) is 47.3 cm³/mol. The van der Waals surface area contributed by atoms with E-state index >= 15 is 0 Å². The topological polar surface area (TPSA) is 60.2 Å². The highest BCUT2D eigenvalue weighted by Crippen LogP contribution is 2.20. The van der Waals surface area contributed by atoms with Crippen LogP contribution < -0.4 is 5.73 Å². The molecule has 0 aliphatic heterocycles. The Hall–Kier alpha value is -1.29. The van der Waals surface area contributed by atoms with Crippen molar-refractivity contribution < 1.29 is 9.59 Å². The van der Waals surface area contributed by atoms with Gasteiger partial charge in [-0.05, 0) is 17.8 Å². The summed E-state index contributed by atoms with van der Waals surface area (Å²) < 4.78 is 0. The van der Waals surface area contributed by atoms with E-state index in [0.29, 0.717) is 16.7 Å². The molecule has 0 aliphatic rings. The molecular weight excluding hydrogens is 174 g/mol. The van der Waals surface area contributed by atoms with Gasteiger partial charge < -0.3 is 5.73 Å². The number of benzene rings is 1. The monoisotopic (exact) mass is 181 g/mol. The molecule has 0 spiro atoms. The number of rotatable bonds is 2. The van der Waals surface area contributed by atoms with Gasteiger partial charge in [-0.15, -0.1) is 0 Å². The maximum atomic E-state index is 10.5. The predicted octanol–water partition coefficient (Wildman–Crippen LogP) is 1.67. The van der Waals surface area contributed by atoms with E-state index in [2.05, 4.69) is 0 Å². The lowest BCUT2D eigenvalue weighted by molar-refractivity contribution is 0.112. The van der Waals surface area contributed by atoms with Crippen molar-refractivity contribution in [3.63, 3.8) is 0 Å². The summed E-state index contributed by atoms with van der Waals surface area (Å²) in [5, 5.41) is -0.510. The van der Waals surface area contributed by atoms with Gasteiger partial charge in [0.05, 0.1) is 0 Å². The Morgan fingerprint density at radius 1 is 1.42 bits per heavy atom. The molecule has 4 heteroatoms. The summed E-state index contributed by atoms with van der Waals surface area (Å²) in [6, 6.07) is 6.80. The average molecular weight is 181 g/mol. The van der Waals surface area contributed by atoms with Gasteiger partial charge in [0.2, 0.25) is 0 Å². The second-order valence-electron chi connectivity index (χ2n) is 2.08. The Kier molecular flexibility index (Phi) is 2.88. The van der Waals surface area contributed by atoms with Crippen molar-refractivity contribution in [1.29, 1.82) is 0 Å². The fourth-order valence-corrected chi connectivity index (χ4v) is 1.38.